The van der Waals surface area contributed by atoms with Gasteiger partial charge in [0.25, 0.3) is 5.56 Å². The summed E-state index contributed by atoms with van der Waals surface area (Å²) in [7, 11) is 0. The molecule has 0 radical (unpaired) electrons. The van der Waals surface area contributed by atoms with Crippen LogP contribution in [0.1, 0.15) is 25.3 Å². The molecule has 1 aromatic heterocycles. The minimum absolute atomic E-state index is 0.104. The van der Waals surface area contributed by atoms with E-state index in [2.05, 4.69) is 25.9 Å². The normalized spacial score (nSPS) is 11.0. The number of hydrogen-bond donors (Lipinski definition) is 2. The van der Waals surface area contributed by atoms with Crippen molar-refractivity contribution in [1.29, 1.82) is 0 Å². The lowest BCUT2D eigenvalue weighted by atomic mass is 10.1. The van der Waals surface area contributed by atoms with E-state index in [0.29, 0.717) is 10.6 Å². The van der Waals surface area contributed by atoms with Crippen molar-refractivity contribution in [3.05, 3.63) is 43.6 Å². The zero-order chi connectivity index (χ0) is 14.2. The fourth-order valence-corrected chi connectivity index (χ4v) is 2.40. The third kappa shape index (κ3) is 2.82. The first-order chi connectivity index (χ1) is 8.90. The minimum Gasteiger partial charge on any atom is -0.493 e. The van der Waals surface area contributed by atoms with Crippen LogP contribution in [-0.2, 0) is 0 Å². The zero-order valence-corrected chi connectivity index (χ0v) is 12.7. The molecule has 0 saturated heterocycles. The Morgan fingerprint density at radius 2 is 2.11 bits per heavy atom. The van der Waals surface area contributed by atoms with Crippen molar-refractivity contribution >= 4 is 27.5 Å². The van der Waals surface area contributed by atoms with Crippen molar-refractivity contribution in [3.63, 3.8) is 0 Å². The highest BCUT2D eigenvalue weighted by molar-refractivity contribution is 9.10. The quantitative estimate of drug-likeness (QED) is 0.874. The second-order valence-corrected chi connectivity index (χ2v) is 5.72. The van der Waals surface area contributed by atoms with Crippen molar-refractivity contribution in [2.75, 3.05) is 0 Å². The Labute approximate surface area is 123 Å². The smallest absolute Gasteiger partial charge is 0.258 e. The Balaban J connectivity index is 2.65. The van der Waals surface area contributed by atoms with E-state index in [9.17, 15) is 9.90 Å². The number of aromatic hydroxyl groups is 1. The predicted octanol–water partition coefficient (Wildman–Crippen LogP) is 3.68. The molecule has 4 nitrogen and oxygen atoms in total. The first kappa shape index (κ1) is 14.1. The van der Waals surface area contributed by atoms with E-state index < -0.39 is 0 Å². The molecule has 0 spiro atoms. The topological polar surface area (TPSA) is 66.0 Å². The Morgan fingerprint density at radius 1 is 1.42 bits per heavy atom. The molecule has 6 heteroatoms. The maximum atomic E-state index is 12.0. The van der Waals surface area contributed by atoms with Gasteiger partial charge >= 0.3 is 0 Å². The summed E-state index contributed by atoms with van der Waals surface area (Å²) in [6.07, 6.45) is 0. The largest absolute Gasteiger partial charge is 0.493 e. The predicted molar refractivity (Wildman–Crippen MR) is 78.8 cm³/mol. The molecule has 1 heterocycles. The highest BCUT2D eigenvalue weighted by atomic mass is 79.9. The van der Waals surface area contributed by atoms with Crippen LogP contribution in [0.2, 0.25) is 5.02 Å². The van der Waals surface area contributed by atoms with Crippen LogP contribution in [-0.4, -0.2) is 15.1 Å². The molecule has 0 amide bonds. The molecule has 0 aliphatic carbocycles. The molecule has 0 aliphatic heterocycles. The summed E-state index contributed by atoms with van der Waals surface area (Å²) in [5, 5.41) is 10.4. The average Bonchev–Trinajstić information content (AvgIpc) is 2.30. The number of hydrogen-bond acceptors (Lipinski definition) is 3. The van der Waals surface area contributed by atoms with Gasteiger partial charge in [-0.25, -0.2) is 0 Å². The summed E-state index contributed by atoms with van der Waals surface area (Å²) < 4.78 is 0.733. The number of H-pyrrole nitrogens is 1. The van der Waals surface area contributed by atoms with Crippen molar-refractivity contribution < 1.29 is 5.11 Å². The Morgan fingerprint density at radius 3 is 2.68 bits per heavy atom. The Bertz CT molecular complexity index is 683. The highest BCUT2D eigenvalue weighted by Gasteiger charge is 2.16. The van der Waals surface area contributed by atoms with Crippen molar-refractivity contribution in [2.45, 2.75) is 19.8 Å². The van der Waals surface area contributed by atoms with Gasteiger partial charge in [-0.05, 0) is 24.1 Å². The lowest BCUT2D eigenvalue weighted by Gasteiger charge is -2.09. The van der Waals surface area contributed by atoms with E-state index in [0.717, 1.165) is 4.47 Å². The fourth-order valence-electron chi connectivity index (χ4n) is 1.80. The van der Waals surface area contributed by atoms with E-state index >= 15 is 0 Å². The van der Waals surface area contributed by atoms with Gasteiger partial charge < -0.3 is 10.1 Å². The lowest BCUT2D eigenvalue weighted by molar-refractivity contribution is 0.440. The zero-order valence-electron chi connectivity index (χ0n) is 10.4. The third-order valence-corrected chi connectivity index (χ3v) is 3.62. The minimum atomic E-state index is -0.343. The van der Waals surface area contributed by atoms with Crippen LogP contribution in [0, 0.1) is 0 Å². The van der Waals surface area contributed by atoms with Crippen LogP contribution < -0.4 is 5.56 Å². The molecule has 2 aromatic rings. The second-order valence-electron chi connectivity index (χ2n) is 4.43. The van der Waals surface area contributed by atoms with E-state index in [4.69, 9.17) is 11.6 Å². The maximum Gasteiger partial charge on any atom is 0.258 e. The first-order valence-electron chi connectivity index (χ1n) is 5.68. The third-order valence-electron chi connectivity index (χ3n) is 2.70. The van der Waals surface area contributed by atoms with Gasteiger partial charge in [0.2, 0.25) is 5.88 Å². The van der Waals surface area contributed by atoms with Gasteiger partial charge in [-0.15, -0.1) is 0 Å². The molecule has 0 atom stereocenters. The van der Waals surface area contributed by atoms with Crippen molar-refractivity contribution in [1.82, 2.24) is 9.97 Å². The molecule has 0 aliphatic rings. The van der Waals surface area contributed by atoms with E-state index in [1.54, 1.807) is 18.2 Å². The number of nitrogens with zero attached hydrogens (tertiary/aromatic N) is 1. The number of benzene rings is 1. The number of rotatable bonds is 2. The number of nitrogens with one attached hydrogen (secondary N) is 1. The molecule has 100 valence electrons. The molecule has 2 rings (SSSR count). The molecule has 0 fully saturated rings. The van der Waals surface area contributed by atoms with E-state index in [1.165, 1.54) is 0 Å². The molecule has 2 N–H and O–H groups in total. The highest BCUT2D eigenvalue weighted by Crippen LogP contribution is 2.30. The molecule has 19 heavy (non-hydrogen) atoms. The summed E-state index contributed by atoms with van der Waals surface area (Å²) >= 11 is 9.29. The molecular weight excluding hydrogens is 332 g/mol. The van der Waals surface area contributed by atoms with E-state index in [1.807, 2.05) is 13.8 Å². The monoisotopic (exact) mass is 342 g/mol. The van der Waals surface area contributed by atoms with Gasteiger partial charge in [-0.2, -0.15) is 4.98 Å². The van der Waals surface area contributed by atoms with Gasteiger partial charge in [0.05, 0.1) is 5.56 Å². The van der Waals surface area contributed by atoms with Crippen LogP contribution in [0.5, 0.6) is 5.88 Å². The number of aromatic nitrogens is 2. The van der Waals surface area contributed by atoms with E-state index in [-0.39, 0.29) is 28.7 Å². The Hall–Kier alpha value is -1.33. The van der Waals surface area contributed by atoms with Crippen LogP contribution >= 0.6 is 27.5 Å². The summed E-state index contributed by atoms with van der Waals surface area (Å²) in [5.74, 6) is -0.0741. The van der Waals surface area contributed by atoms with Gasteiger partial charge in [0, 0.05) is 15.1 Å². The maximum absolute atomic E-state index is 12.0. The fraction of sp³-hybridized carbons (Fsp3) is 0.231. The van der Waals surface area contributed by atoms with Gasteiger partial charge in [0.1, 0.15) is 5.82 Å². The molecule has 0 bridgehead atoms. The first-order valence-corrected chi connectivity index (χ1v) is 6.86. The van der Waals surface area contributed by atoms with Crippen LogP contribution in [0.4, 0.5) is 0 Å². The van der Waals surface area contributed by atoms with Crippen LogP contribution in [0.25, 0.3) is 11.4 Å². The standard InChI is InChI=1S/C13H12BrClN2O2/c1-6(2)10-12(18)16-11(17-13(10)19)8-5-7(15)3-4-9(8)14/h3-6H,1-2H3,(H2,16,17,18,19). The van der Waals surface area contributed by atoms with Gasteiger partial charge in [-0.1, -0.05) is 41.4 Å². The molecular formula is C13H12BrClN2O2. The summed E-state index contributed by atoms with van der Waals surface area (Å²) in [6.45, 7) is 3.64. The molecule has 1 aromatic carbocycles. The Kier molecular flexibility index (Phi) is 3.96. The van der Waals surface area contributed by atoms with Crippen molar-refractivity contribution in [2.24, 2.45) is 0 Å². The summed E-state index contributed by atoms with van der Waals surface area (Å²) in [5.41, 5.74) is 0.557. The summed E-state index contributed by atoms with van der Waals surface area (Å²) in [4.78, 5) is 18.7. The van der Waals surface area contributed by atoms with Gasteiger partial charge in [-0.3, -0.25) is 4.79 Å². The number of aromatic amines is 1. The van der Waals surface area contributed by atoms with Crippen molar-refractivity contribution in [3.8, 4) is 17.3 Å². The summed E-state index contributed by atoms with van der Waals surface area (Å²) in [6, 6.07) is 5.14. The lowest BCUT2D eigenvalue weighted by Crippen LogP contribution is -2.16. The second kappa shape index (κ2) is 5.35. The van der Waals surface area contributed by atoms with Crippen LogP contribution in [0.3, 0.4) is 0 Å². The number of halogens is 2. The SMILES string of the molecule is CC(C)c1c(O)nc(-c2cc(Cl)ccc2Br)[nH]c1=O. The molecule has 0 saturated carbocycles. The molecule has 0 unspecified atom stereocenters. The average molecular weight is 344 g/mol. The van der Waals surface area contributed by atoms with Gasteiger partial charge in [0.15, 0.2) is 0 Å². The van der Waals surface area contributed by atoms with Crippen LogP contribution in [0.15, 0.2) is 27.5 Å².